The first-order chi connectivity index (χ1) is 11.5. The van der Waals surface area contributed by atoms with Crippen molar-refractivity contribution in [2.24, 2.45) is 0 Å². The SMILES string of the molecule is CSc1ccc(CN(C)C(=O)COc2ccc([N+](=O)[O-])cc2)cc1. The standard InChI is InChI=1S/C17H18N2O4S/c1-18(11-13-3-9-16(24-2)10-4-13)17(20)12-23-15-7-5-14(6-8-15)19(21)22/h3-10H,11-12H2,1-2H3. The maximum absolute atomic E-state index is 12.1. The molecule has 0 atom stereocenters. The summed E-state index contributed by atoms with van der Waals surface area (Å²) in [6, 6.07) is 13.7. The number of hydrogen-bond acceptors (Lipinski definition) is 5. The number of carbonyl (C=O) groups is 1. The van der Waals surface area contributed by atoms with Gasteiger partial charge in [0.2, 0.25) is 0 Å². The van der Waals surface area contributed by atoms with Crippen molar-refractivity contribution >= 4 is 23.4 Å². The zero-order chi connectivity index (χ0) is 17.5. The number of nitro groups is 1. The zero-order valence-corrected chi connectivity index (χ0v) is 14.3. The molecular weight excluding hydrogens is 328 g/mol. The van der Waals surface area contributed by atoms with Gasteiger partial charge in [0.05, 0.1) is 4.92 Å². The Labute approximate surface area is 144 Å². The number of hydrogen-bond donors (Lipinski definition) is 0. The van der Waals surface area contributed by atoms with Crippen LogP contribution >= 0.6 is 11.8 Å². The molecule has 0 aliphatic heterocycles. The molecule has 126 valence electrons. The summed E-state index contributed by atoms with van der Waals surface area (Å²) in [5.41, 5.74) is 1.03. The van der Waals surface area contributed by atoms with Crippen LogP contribution in [0.15, 0.2) is 53.4 Å². The largest absolute Gasteiger partial charge is 0.484 e. The Balaban J connectivity index is 1.85. The van der Waals surface area contributed by atoms with Gasteiger partial charge >= 0.3 is 0 Å². The summed E-state index contributed by atoms with van der Waals surface area (Å²) in [7, 11) is 1.71. The van der Waals surface area contributed by atoms with Gasteiger partial charge in [0.1, 0.15) is 5.75 Å². The molecular formula is C17H18N2O4S. The van der Waals surface area contributed by atoms with Gasteiger partial charge in [-0.2, -0.15) is 0 Å². The van der Waals surface area contributed by atoms with Crippen molar-refractivity contribution in [2.75, 3.05) is 19.9 Å². The van der Waals surface area contributed by atoms with Crippen molar-refractivity contribution < 1.29 is 14.5 Å². The number of amides is 1. The fourth-order valence-corrected chi connectivity index (χ4v) is 2.42. The Morgan fingerprint density at radius 2 is 1.79 bits per heavy atom. The summed E-state index contributed by atoms with van der Waals surface area (Å²) in [5.74, 6) is 0.258. The van der Waals surface area contributed by atoms with Gasteiger partial charge in [-0.05, 0) is 36.1 Å². The van der Waals surface area contributed by atoms with E-state index in [4.69, 9.17) is 4.74 Å². The second-order valence-electron chi connectivity index (χ2n) is 5.14. The molecule has 0 N–H and O–H groups in total. The summed E-state index contributed by atoms with van der Waals surface area (Å²) in [4.78, 5) is 25.0. The third-order valence-corrected chi connectivity index (χ3v) is 4.16. The van der Waals surface area contributed by atoms with Crippen LogP contribution in [0.1, 0.15) is 5.56 Å². The van der Waals surface area contributed by atoms with Crippen LogP contribution in [-0.2, 0) is 11.3 Å². The molecule has 2 aromatic rings. The molecule has 0 unspecified atom stereocenters. The van der Waals surface area contributed by atoms with Gasteiger partial charge in [0.15, 0.2) is 6.61 Å². The van der Waals surface area contributed by atoms with Crippen molar-refractivity contribution in [3.05, 3.63) is 64.2 Å². The Kier molecular flexibility index (Phi) is 6.20. The van der Waals surface area contributed by atoms with Crippen molar-refractivity contribution in [2.45, 2.75) is 11.4 Å². The average Bonchev–Trinajstić information content (AvgIpc) is 2.60. The molecule has 24 heavy (non-hydrogen) atoms. The second kappa shape index (κ2) is 8.35. The van der Waals surface area contributed by atoms with Gasteiger partial charge in [-0.3, -0.25) is 14.9 Å². The number of nitro benzene ring substituents is 1. The van der Waals surface area contributed by atoms with E-state index in [2.05, 4.69) is 0 Å². The second-order valence-corrected chi connectivity index (χ2v) is 6.02. The lowest BCUT2D eigenvalue weighted by molar-refractivity contribution is -0.384. The van der Waals surface area contributed by atoms with Gasteiger partial charge in [-0.25, -0.2) is 0 Å². The summed E-state index contributed by atoms with van der Waals surface area (Å²) in [5, 5.41) is 10.6. The molecule has 0 aromatic heterocycles. The van der Waals surface area contributed by atoms with Gasteiger partial charge in [0, 0.05) is 30.6 Å². The van der Waals surface area contributed by atoms with Crippen molar-refractivity contribution in [3.8, 4) is 5.75 Å². The van der Waals surface area contributed by atoms with Crippen LogP contribution in [0.5, 0.6) is 5.75 Å². The lowest BCUT2D eigenvalue weighted by Gasteiger charge is -2.17. The van der Waals surface area contributed by atoms with Crippen LogP contribution in [-0.4, -0.2) is 35.6 Å². The number of carbonyl (C=O) groups excluding carboxylic acids is 1. The van der Waals surface area contributed by atoms with Crippen molar-refractivity contribution in [1.29, 1.82) is 0 Å². The molecule has 0 heterocycles. The first kappa shape index (κ1) is 17.8. The Hall–Kier alpha value is -2.54. The Bertz CT molecular complexity index is 702. The van der Waals surface area contributed by atoms with E-state index in [0.29, 0.717) is 12.3 Å². The minimum atomic E-state index is -0.481. The molecule has 2 rings (SSSR count). The summed E-state index contributed by atoms with van der Waals surface area (Å²) in [6.07, 6.45) is 2.01. The van der Waals surface area contributed by atoms with Crippen LogP contribution in [0.25, 0.3) is 0 Å². The molecule has 0 saturated carbocycles. The topological polar surface area (TPSA) is 72.7 Å². The number of likely N-dealkylation sites (N-methyl/N-ethyl adjacent to an activating group) is 1. The zero-order valence-electron chi connectivity index (χ0n) is 13.5. The number of nitrogens with zero attached hydrogens (tertiary/aromatic N) is 2. The van der Waals surface area contributed by atoms with Crippen molar-refractivity contribution in [1.82, 2.24) is 4.90 Å². The molecule has 0 saturated heterocycles. The van der Waals surface area contributed by atoms with Gasteiger partial charge in [-0.1, -0.05) is 12.1 Å². The van der Waals surface area contributed by atoms with Crippen LogP contribution in [0, 0.1) is 10.1 Å². The molecule has 7 heteroatoms. The number of benzene rings is 2. The van der Waals surface area contributed by atoms with Crippen LogP contribution in [0.3, 0.4) is 0 Å². The highest BCUT2D eigenvalue weighted by molar-refractivity contribution is 7.98. The molecule has 0 fully saturated rings. The fourth-order valence-electron chi connectivity index (χ4n) is 2.01. The van der Waals surface area contributed by atoms with E-state index in [9.17, 15) is 14.9 Å². The van der Waals surface area contributed by atoms with Crippen LogP contribution < -0.4 is 4.74 Å². The lowest BCUT2D eigenvalue weighted by atomic mass is 10.2. The molecule has 0 aliphatic rings. The maximum atomic E-state index is 12.1. The normalized spacial score (nSPS) is 10.2. The fraction of sp³-hybridized carbons (Fsp3) is 0.235. The number of non-ortho nitro benzene ring substituents is 1. The van der Waals surface area contributed by atoms with Crippen LogP contribution in [0.4, 0.5) is 5.69 Å². The number of rotatable bonds is 7. The highest BCUT2D eigenvalue weighted by Gasteiger charge is 2.11. The van der Waals surface area contributed by atoms with E-state index in [1.165, 1.54) is 29.2 Å². The maximum Gasteiger partial charge on any atom is 0.269 e. The predicted molar refractivity (Wildman–Crippen MR) is 93.3 cm³/mol. The monoisotopic (exact) mass is 346 g/mol. The van der Waals surface area contributed by atoms with Crippen LogP contribution in [0.2, 0.25) is 0 Å². The van der Waals surface area contributed by atoms with E-state index >= 15 is 0 Å². The minimum Gasteiger partial charge on any atom is -0.484 e. The van der Waals surface area contributed by atoms with Gasteiger partial charge in [-0.15, -0.1) is 11.8 Å². The molecule has 0 radical (unpaired) electrons. The number of thioether (sulfide) groups is 1. The highest BCUT2D eigenvalue weighted by atomic mass is 32.2. The predicted octanol–water partition coefficient (Wildman–Crippen LogP) is 3.35. The molecule has 2 aromatic carbocycles. The minimum absolute atomic E-state index is 0.0144. The van der Waals surface area contributed by atoms with E-state index in [1.807, 2.05) is 30.5 Å². The average molecular weight is 346 g/mol. The quantitative estimate of drug-likeness (QED) is 0.437. The van der Waals surface area contributed by atoms with E-state index < -0.39 is 4.92 Å². The Morgan fingerprint density at radius 3 is 2.33 bits per heavy atom. The van der Waals surface area contributed by atoms with E-state index in [1.54, 1.807) is 23.7 Å². The Morgan fingerprint density at radius 1 is 1.17 bits per heavy atom. The molecule has 0 aliphatic carbocycles. The van der Waals surface area contributed by atoms with Crippen molar-refractivity contribution in [3.63, 3.8) is 0 Å². The molecule has 0 spiro atoms. The number of ether oxygens (including phenoxy) is 1. The lowest BCUT2D eigenvalue weighted by Crippen LogP contribution is -2.30. The summed E-state index contributed by atoms with van der Waals surface area (Å²) < 4.78 is 5.38. The summed E-state index contributed by atoms with van der Waals surface area (Å²) in [6.45, 7) is 0.383. The summed E-state index contributed by atoms with van der Waals surface area (Å²) >= 11 is 1.67. The third kappa shape index (κ3) is 4.99. The van der Waals surface area contributed by atoms with E-state index in [0.717, 1.165) is 5.56 Å². The smallest absolute Gasteiger partial charge is 0.269 e. The first-order valence-electron chi connectivity index (χ1n) is 7.23. The molecule has 0 bridgehead atoms. The van der Waals surface area contributed by atoms with Gasteiger partial charge < -0.3 is 9.64 Å². The first-order valence-corrected chi connectivity index (χ1v) is 8.46. The van der Waals surface area contributed by atoms with E-state index in [-0.39, 0.29) is 18.2 Å². The molecule has 1 amide bonds. The highest BCUT2D eigenvalue weighted by Crippen LogP contribution is 2.18. The molecule has 6 nitrogen and oxygen atoms in total. The van der Waals surface area contributed by atoms with Gasteiger partial charge in [0.25, 0.3) is 11.6 Å². The third-order valence-electron chi connectivity index (χ3n) is 3.41.